The zero-order valence-electron chi connectivity index (χ0n) is 10.3. The molecule has 2 aromatic carbocycles. The van der Waals surface area contributed by atoms with E-state index < -0.39 is 0 Å². The van der Waals surface area contributed by atoms with E-state index in [-0.39, 0.29) is 0 Å². The Hall–Kier alpha value is -0.820. The summed E-state index contributed by atoms with van der Waals surface area (Å²) in [6.45, 7) is 4.72. The Balaban J connectivity index is 2.06. The fourth-order valence-electron chi connectivity index (χ4n) is 2.72. The monoisotopic (exact) mass is 288 g/mol. The highest BCUT2D eigenvalue weighted by Crippen LogP contribution is 2.61. The van der Waals surface area contributed by atoms with Crippen molar-refractivity contribution in [2.45, 2.75) is 25.1 Å². The first kappa shape index (κ1) is 11.3. The Morgan fingerprint density at radius 3 is 2.47 bits per heavy atom. The molecule has 1 aliphatic carbocycles. The smallest absolute Gasteiger partial charge is 0.0434 e. The lowest BCUT2D eigenvalue weighted by atomic mass is 9.97. The van der Waals surface area contributed by atoms with Gasteiger partial charge in [0.25, 0.3) is 0 Å². The lowest BCUT2D eigenvalue weighted by Crippen LogP contribution is -1.99. The Bertz CT molecular complexity index is 551. The third-order valence-electron chi connectivity index (χ3n) is 4.06. The zero-order valence-corrected chi connectivity index (χ0v) is 11.9. The van der Waals surface area contributed by atoms with Crippen LogP contribution in [-0.4, -0.2) is 0 Å². The zero-order chi connectivity index (χ0) is 12.0. The van der Waals surface area contributed by atoms with E-state index in [2.05, 4.69) is 72.2 Å². The summed E-state index contributed by atoms with van der Waals surface area (Å²) in [7, 11) is 0. The van der Waals surface area contributed by atoms with Gasteiger partial charge in [-0.25, -0.2) is 0 Å². The van der Waals surface area contributed by atoms with Gasteiger partial charge in [-0.1, -0.05) is 72.2 Å². The molecule has 1 heteroatoms. The number of alkyl halides is 1. The van der Waals surface area contributed by atoms with Gasteiger partial charge in [-0.05, 0) is 34.1 Å². The molecule has 0 radical (unpaired) electrons. The second kappa shape index (κ2) is 3.84. The summed E-state index contributed by atoms with van der Waals surface area (Å²) in [6, 6.07) is 15.3. The van der Waals surface area contributed by atoms with Crippen LogP contribution in [0.25, 0.3) is 10.8 Å². The van der Waals surface area contributed by atoms with Crippen molar-refractivity contribution in [2.24, 2.45) is 11.3 Å². The van der Waals surface area contributed by atoms with E-state index in [1.165, 1.54) is 22.8 Å². The van der Waals surface area contributed by atoms with Gasteiger partial charge < -0.3 is 0 Å². The minimum absolute atomic E-state index is 0.489. The Morgan fingerprint density at radius 2 is 1.76 bits per heavy atom. The van der Waals surface area contributed by atoms with Gasteiger partial charge in [0, 0.05) is 4.83 Å². The molecule has 17 heavy (non-hydrogen) atoms. The van der Waals surface area contributed by atoms with Crippen molar-refractivity contribution >= 4 is 26.7 Å². The van der Waals surface area contributed by atoms with E-state index >= 15 is 0 Å². The standard InChI is InChI=1S/C16H17Br/c1-16(2)10-14(16)15(17)13-9-5-7-11-6-3-4-8-12(11)13/h3-9,14-15H,10H2,1-2H3. The van der Waals surface area contributed by atoms with E-state index in [9.17, 15) is 0 Å². The molecular weight excluding hydrogens is 272 g/mol. The van der Waals surface area contributed by atoms with Gasteiger partial charge in [-0.2, -0.15) is 0 Å². The second-order valence-corrected chi connectivity index (χ2v) is 6.76. The van der Waals surface area contributed by atoms with Crippen molar-refractivity contribution < 1.29 is 0 Å². The number of hydrogen-bond donors (Lipinski definition) is 0. The summed E-state index contributed by atoms with van der Waals surface area (Å²) in [6.07, 6.45) is 1.33. The van der Waals surface area contributed by atoms with Gasteiger partial charge in [-0.15, -0.1) is 0 Å². The highest BCUT2D eigenvalue weighted by molar-refractivity contribution is 9.09. The van der Waals surface area contributed by atoms with E-state index in [1.807, 2.05) is 0 Å². The Kier molecular flexibility index (Phi) is 2.55. The molecule has 2 unspecified atom stereocenters. The van der Waals surface area contributed by atoms with Gasteiger partial charge in [0.2, 0.25) is 0 Å². The normalized spacial score (nSPS) is 23.6. The molecule has 0 nitrogen and oxygen atoms in total. The lowest BCUT2D eigenvalue weighted by Gasteiger charge is -2.14. The third kappa shape index (κ3) is 1.91. The SMILES string of the molecule is CC1(C)CC1C(Br)c1cccc2ccccc12. The van der Waals surface area contributed by atoms with Crippen LogP contribution in [0.1, 0.15) is 30.7 Å². The maximum absolute atomic E-state index is 3.91. The van der Waals surface area contributed by atoms with Crippen LogP contribution < -0.4 is 0 Å². The molecule has 0 bridgehead atoms. The molecule has 0 N–H and O–H groups in total. The average molecular weight is 289 g/mol. The average Bonchev–Trinajstić information content (AvgIpc) is 2.97. The minimum atomic E-state index is 0.489. The molecule has 88 valence electrons. The maximum Gasteiger partial charge on any atom is 0.0434 e. The molecule has 0 amide bonds. The number of benzene rings is 2. The maximum atomic E-state index is 3.91. The number of halogens is 1. The Morgan fingerprint density at radius 1 is 1.12 bits per heavy atom. The van der Waals surface area contributed by atoms with E-state index in [0.717, 1.165) is 5.92 Å². The summed E-state index contributed by atoms with van der Waals surface area (Å²) in [4.78, 5) is 0.489. The molecule has 1 fully saturated rings. The van der Waals surface area contributed by atoms with Crippen molar-refractivity contribution in [1.82, 2.24) is 0 Å². The molecule has 0 spiro atoms. The topological polar surface area (TPSA) is 0 Å². The van der Waals surface area contributed by atoms with E-state index in [1.54, 1.807) is 0 Å². The molecule has 2 aromatic rings. The first-order valence-electron chi connectivity index (χ1n) is 6.21. The first-order valence-corrected chi connectivity index (χ1v) is 7.13. The second-order valence-electron chi connectivity index (χ2n) is 5.77. The van der Waals surface area contributed by atoms with Gasteiger partial charge in [-0.3, -0.25) is 0 Å². The largest absolute Gasteiger partial charge is 0.0835 e. The predicted molar refractivity (Wildman–Crippen MR) is 77.5 cm³/mol. The van der Waals surface area contributed by atoms with Gasteiger partial charge in [0.05, 0.1) is 0 Å². The van der Waals surface area contributed by atoms with Crippen LogP contribution in [0.3, 0.4) is 0 Å². The molecule has 2 atom stereocenters. The van der Waals surface area contributed by atoms with Crippen molar-refractivity contribution in [3.8, 4) is 0 Å². The molecule has 0 saturated heterocycles. The molecule has 1 aliphatic rings. The predicted octanol–water partition coefficient (Wildman–Crippen LogP) is 5.32. The van der Waals surface area contributed by atoms with Crippen LogP contribution in [0.4, 0.5) is 0 Å². The Labute approximate surface area is 111 Å². The summed E-state index contributed by atoms with van der Waals surface area (Å²) < 4.78 is 0. The van der Waals surface area contributed by atoms with Gasteiger partial charge in [0.1, 0.15) is 0 Å². The van der Waals surface area contributed by atoms with Crippen molar-refractivity contribution in [2.75, 3.05) is 0 Å². The first-order chi connectivity index (χ1) is 8.09. The number of rotatable bonds is 2. The van der Waals surface area contributed by atoms with E-state index in [4.69, 9.17) is 0 Å². The quantitative estimate of drug-likeness (QED) is 0.656. The molecule has 0 heterocycles. The van der Waals surface area contributed by atoms with Crippen LogP contribution >= 0.6 is 15.9 Å². The summed E-state index contributed by atoms with van der Waals surface area (Å²) >= 11 is 3.91. The molecular formula is C16H17Br. The van der Waals surface area contributed by atoms with Crippen molar-refractivity contribution in [3.63, 3.8) is 0 Å². The minimum Gasteiger partial charge on any atom is -0.0835 e. The highest BCUT2D eigenvalue weighted by atomic mass is 79.9. The highest BCUT2D eigenvalue weighted by Gasteiger charge is 2.49. The molecule has 1 saturated carbocycles. The van der Waals surface area contributed by atoms with Crippen LogP contribution in [0.5, 0.6) is 0 Å². The summed E-state index contributed by atoms with van der Waals surface area (Å²) in [5.41, 5.74) is 1.95. The fraction of sp³-hybridized carbons (Fsp3) is 0.375. The molecule has 0 aromatic heterocycles. The van der Waals surface area contributed by atoms with Crippen LogP contribution in [0.2, 0.25) is 0 Å². The van der Waals surface area contributed by atoms with Crippen LogP contribution in [0.15, 0.2) is 42.5 Å². The number of fused-ring (bicyclic) bond motifs is 1. The van der Waals surface area contributed by atoms with Crippen LogP contribution in [0, 0.1) is 11.3 Å². The molecule has 0 aliphatic heterocycles. The van der Waals surface area contributed by atoms with Crippen molar-refractivity contribution in [3.05, 3.63) is 48.0 Å². The number of hydrogen-bond acceptors (Lipinski definition) is 0. The fourth-order valence-corrected chi connectivity index (χ4v) is 4.02. The summed E-state index contributed by atoms with van der Waals surface area (Å²) in [5, 5.41) is 2.73. The van der Waals surface area contributed by atoms with Crippen LogP contribution in [-0.2, 0) is 0 Å². The van der Waals surface area contributed by atoms with Gasteiger partial charge in [0.15, 0.2) is 0 Å². The lowest BCUT2D eigenvalue weighted by molar-refractivity contribution is 0.556. The summed E-state index contributed by atoms with van der Waals surface area (Å²) in [5.74, 6) is 0.772. The third-order valence-corrected chi connectivity index (χ3v) is 5.19. The molecule has 3 rings (SSSR count). The van der Waals surface area contributed by atoms with Gasteiger partial charge >= 0.3 is 0 Å². The van der Waals surface area contributed by atoms with Crippen molar-refractivity contribution in [1.29, 1.82) is 0 Å². The van der Waals surface area contributed by atoms with E-state index in [0.29, 0.717) is 10.2 Å².